The van der Waals surface area contributed by atoms with Gasteiger partial charge in [0, 0.05) is 12.2 Å². The fourth-order valence-corrected chi connectivity index (χ4v) is 1.60. The second-order valence-electron chi connectivity index (χ2n) is 4.71. The minimum atomic E-state index is -0.537. The van der Waals surface area contributed by atoms with Gasteiger partial charge in [-0.1, -0.05) is 20.3 Å². The molecule has 5 heteroatoms. The average Bonchev–Trinajstić information content (AvgIpc) is 2.60. The predicted octanol–water partition coefficient (Wildman–Crippen LogP) is 1.28. The van der Waals surface area contributed by atoms with Crippen molar-refractivity contribution in [2.24, 2.45) is 5.92 Å². The van der Waals surface area contributed by atoms with Crippen LogP contribution in [0.1, 0.15) is 33.1 Å². The van der Waals surface area contributed by atoms with Crippen LogP contribution in [0.2, 0.25) is 0 Å². The summed E-state index contributed by atoms with van der Waals surface area (Å²) in [6, 6.07) is 0. The molecule has 1 aliphatic rings. The van der Waals surface area contributed by atoms with Crippen molar-refractivity contribution >= 4 is 17.8 Å². The van der Waals surface area contributed by atoms with E-state index in [2.05, 4.69) is 13.8 Å². The lowest BCUT2D eigenvalue weighted by molar-refractivity contribution is -0.151. The monoisotopic (exact) mass is 253 g/mol. The molecule has 0 unspecified atom stereocenters. The molecule has 1 rings (SSSR count). The largest absolute Gasteiger partial charge is 0.464 e. The van der Waals surface area contributed by atoms with Gasteiger partial charge >= 0.3 is 5.97 Å². The zero-order chi connectivity index (χ0) is 13.5. The van der Waals surface area contributed by atoms with E-state index in [0.29, 0.717) is 12.5 Å². The first-order chi connectivity index (χ1) is 8.50. The van der Waals surface area contributed by atoms with Gasteiger partial charge in [-0.2, -0.15) is 0 Å². The summed E-state index contributed by atoms with van der Waals surface area (Å²) in [5, 5.41) is 0. The van der Waals surface area contributed by atoms with Crippen molar-refractivity contribution < 1.29 is 19.1 Å². The molecule has 0 saturated carbocycles. The summed E-state index contributed by atoms with van der Waals surface area (Å²) in [5.41, 5.74) is 0. The normalized spacial score (nSPS) is 14.7. The lowest BCUT2D eigenvalue weighted by atomic mass is 10.1. The second-order valence-corrected chi connectivity index (χ2v) is 4.71. The standard InChI is InChI=1S/C13H19NO4/c1-10(2)5-3-4-8-18-13(17)9-14-11(15)6-7-12(14)16/h6-7,10H,3-5,8-9H2,1-2H3. The van der Waals surface area contributed by atoms with Crippen molar-refractivity contribution in [1.29, 1.82) is 0 Å². The summed E-state index contributed by atoms with van der Waals surface area (Å²) < 4.78 is 4.97. The molecule has 0 N–H and O–H groups in total. The number of amides is 2. The minimum Gasteiger partial charge on any atom is -0.464 e. The number of hydrogen-bond donors (Lipinski definition) is 0. The lowest BCUT2D eigenvalue weighted by Gasteiger charge is -2.12. The maximum atomic E-state index is 11.4. The molecule has 0 radical (unpaired) electrons. The van der Waals surface area contributed by atoms with Crippen molar-refractivity contribution in [2.75, 3.05) is 13.2 Å². The van der Waals surface area contributed by atoms with Crippen LogP contribution in [-0.4, -0.2) is 35.8 Å². The Labute approximate surface area is 107 Å². The number of rotatable bonds is 7. The van der Waals surface area contributed by atoms with Gasteiger partial charge in [0.05, 0.1) is 6.61 Å². The van der Waals surface area contributed by atoms with Gasteiger partial charge in [0.1, 0.15) is 6.54 Å². The fourth-order valence-electron chi connectivity index (χ4n) is 1.60. The van der Waals surface area contributed by atoms with Gasteiger partial charge < -0.3 is 4.74 Å². The fraction of sp³-hybridized carbons (Fsp3) is 0.615. The first-order valence-electron chi connectivity index (χ1n) is 6.20. The Morgan fingerprint density at radius 3 is 2.39 bits per heavy atom. The maximum Gasteiger partial charge on any atom is 0.326 e. The second kappa shape index (κ2) is 6.93. The molecule has 0 aromatic carbocycles. The van der Waals surface area contributed by atoms with E-state index in [4.69, 9.17) is 4.74 Å². The Morgan fingerprint density at radius 2 is 1.83 bits per heavy atom. The van der Waals surface area contributed by atoms with Crippen LogP contribution in [-0.2, 0) is 19.1 Å². The van der Waals surface area contributed by atoms with Gasteiger partial charge in [-0.15, -0.1) is 0 Å². The van der Waals surface area contributed by atoms with Crippen LogP contribution in [0.4, 0.5) is 0 Å². The molecule has 0 spiro atoms. The molecule has 1 heterocycles. The van der Waals surface area contributed by atoms with Crippen LogP contribution >= 0.6 is 0 Å². The van der Waals surface area contributed by atoms with Crippen molar-refractivity contribution in [3.05, 3.63) is 12.2 Å². The highest BCUT2D eigenvalue weighted by Crippen LogP contribution is 2.07. The van der Waals surface area contributed by atoms with Crippen LogP contribution in [0.15, 0.2) is 12.2 Å². The molecular formula is C13H19NO4. The molecule has 0 fully saturated rings. The highest BCUT2D eigenvalue weighted by molar-refractivity contribution is 6.14. The van der Waals surface area contributed by atoms with Crippen LogP contribution < -0.4 is 0 Å². The van der Waals surface area contributed by atoms with E-state index in [0.717, 1.165) is 36.3 Å². The predicted molar refractivity (Wildman–Crippen MR) is 65.5 cm³/mol. The molecular weight excluding hydrogens is 234 g/mol. The van der Waals surface area contributed by atoms with Gasteiger partial charge in [0.15, 0.2) is 0 Å². The van der Waals surface area contributed by atoms with Gasteiger partial charge in [-0.3, -0.25) is 19.3 Å². The lowest BCUT2D eigenvalue weighted by Crippen LogP contribution is -2.35. The van der Waals surface area contributed by atoms with Gasteiger partial charge in [0.25, 0.3) is 11.8 Å². The van der Waals surface area contributed by atoms with Crippen LogP contribution in [0.25, 0.3) is 0 Å². The average molecular weight is 253 g/mol. The Kier molecular flexibility index (Phi) is 5.55. The van der Waals surface area contributed by atoms with E-state index in [1.54, 1.807) is 0 Å². The number of carbonyl (C=O) groups excluding carboxylic acids is 3. The van der Waals surface area contributed by atoms with E-state index in [-0.39, 0.29) is 6.54 Å². The molecule has 18 heavy (non-hydrogen) atoms. The van der Waals surface area contributed by atoms with Gasteiger partial charge in [-0.25, -0.2) is 0 Å². The van der Waals surface area contributed by atoms with Crippen LogP contribution in [0, 0.1) is 5.92 Å². The molecule has 0 aromatic heterocycles. The number of nitrogens with zero attached hydrogens (tertiary/aromatic N) is 1. The smallest absolute Gasteiger partial charge is 0.326 e. The number of unbranched alkanes of at least 4 members (excludes halogenated alkanes) is 1. The third-order valence-corrected chi connectivity index (χ3v) is 2.63. The molecule has 0 saturated heterocycles. The Morgan fingerprint density at radius 1 is 1.22 bits per heavy atom. The highest BCUT2D eigenvalue weighted by Gasteiger charge is 2.25. The van der Waals surface area contributed by atoms with E-state index >= 15 is 0 Å². The van der Waals surface area contributed by atoms with Crippen LogP contribution in [0.5, 0.6) is 0 Å². The Bertz CT molecular complexity index is 342. The quantitative estimate of drug-likeness (QED) is 0.389. The van der Waals surface area contributed by atoms with Crippen molar-refractivity contribution in [3.8, 4) is 0 Å². The molecule has 0 aliphatic carbocycles. The number of ether oxygens (including phenoxy) is 1. The van der Waals surface area contributed by atoms with Crippen molar-refractivity contribution in [1.82, 2.24) is 4.90 Å². The Balaban J connectivity index is 2.15. The van der Waals surface area contributed by atoms with E-state index in [9.17, 15) is 14.4 Å². The SMILES string of the molecule is CC(C)CCCCOC(=O)CN1C(=O)C=CC1=O. The first kappa shape index (κ1) is 14.4. The first-order valence-corrected chi connectivity index (χ1v) is 6.20. The zero-order valence-electron chi connectivity index (χ0n) is 10.8. The van der Waals surface area contributed by atoms with E-state index in [1.165, 1.54) is 0 Å². The van der Waals surface area contributed by atoms with Crippen LogP contribution in [0.3, 0.4) is 0 Å². The third kappa shape index (κ3) is 4.69. The van der Waals surface area contributed by atoms with E-state index < -0.39 is 17.8 Å². The number of hydrogen-bond acceptors (Lipinski definition) is 4. The molecule has 0 atom stereocenters. The minimum absolute atomic E-state index is 0.297. The Hall–Kier alpha value is -1.65. The summed E-state index contributed by atoms with van der Waals surface area (Å²) in [7, 11) is 0. The highest BCUT2D eigenvalue weighted by atomic mass is 16.5. The summed E-state index contributed by atoms with van der Waals surface area (Å²) >= 11 is 0. The number of carbonyl (C=O) groups is 3. The van der Waals surface area contributed by atoms with Gasteiger partial charge in [-0.05, 0) is 18.8 Å². The van der Waals surface area contributed by atoms with Gasteiger partial charge in [0.2, 0.25) is 0 Å². The molecule has 1 aliphatic heterocycles. The molecule has 2 amide bonds. The summed E-state index contributed by atoms with van der Waals surface area (Å²) in [6.45, 7) is 4.33. The molecule has 5 nitrogen and oxygen atoms in total. The maximum absolute atomic E-state index is 11.4. The molecule has 0 bridgehead atoms. The topological polar surface area (TPSA) is 63.7 Å². The third-order valence-electron chi connectivity index (χ3n) is 2.63. The summed E-state index contributed by atoms with van der Waals surface area (Å²) in [6.07, 6.45) is 5.22. The summed E-state index contributed by atoms with van der Waals surface area (Å²) in [5.74, 6) is -0.815. The van der Waals surface area contributed by atoms with E-state index in [1.807, 2.05) is 0 Å². The number of imide groups is 1. The molecule has 0 aromatic rings. The molecule has 100 valence electrons. The summed E-state index contributed by atoms with van der Waals surface area (Å²) in [4.78, 5) is 34.6. The van der Waals surface area contributed by atoms with Crippen molar-refractivity contribution in [3.63, 3.8) is 0 Å². The zero-order valence-corrected chi connectivity index (χ0v) is 10.8. The van der Waals surface area contributed by atoms with Crippen molar-refractivity contribution in [2.45, 2.75) is 33.1 Å². The number of esters is 1.